The number of fused-ring (bicyclic) bond motifs is 2. The first kappa shape index (κ1) is 20.6. The number of aromatic amines is 1. The monoisotopic (exact) mass is 436 g/mol. The zero-order valence-corrected chi connectivity index (χ0v) is 18.2. The second-order valence-corrected chi connectivity index (χ2v) is 9.07. The first-order chi connectivity index (χ1) is 15.5. The lowest BCUT2D eigenvalue weighted by molar-refractivity contribution is -0.138. The van der Waals surface area contributed by atoms with Crippen molar-refractivity contribution in [1.29, 1.82) is 0 Å². The lowest BCUT2D eigenvalue weighted by Crippen LogP contribution is -2.53. The second kappa shape index (κ2) is 8.01. The molecule has 32 heavy (non-hydrogen) atoms. The van der Waals surface area contributed by atoms with Crippen LogP contribution in [0.25, 0.3) is 0 Å². The minimum atomic E-state index is -0.849. The fraction of sp³-hybridized carbons (Fsp3) is 0.500. The Bertz CT molecular complexity index is 1080. The Labute approximate surface area is 186 Å². The molecular weight excluding hydrogens is 408 g/mol. The van der Waals surface area contributed by atoms with Gasteiger partial charge in [0.1, 0.15) is 5.41 Å². The summed E-state index contributed by atoms with van der Waals surface area (Å²) in [7, 11) is 0. The number of nitrogens with one attached hydrogen (secondary N) is 2. The van der Waals surface area contributed by atoms with Gasteiger partial charge in [-0.1, -0.05) is 0 Å². The van der Waals surface area contributed by atoms with Crippen LogP contribution in [0.3, 0.4) is 0 Å². The van der Waals surface area contributed by atoms with Crippen LogP contribution in [0.2, 0.25) is 0 Å². The van der Waals surface area contributed by atoms with Crippen LogP contribution < -0.4 is 11.1 Å². The maximum absolute atomic E-state index is 13.8. The number of rotatable bonds is 7. The van der Waals surface area contributed by atoms with E-state index < -0.39 is 5.41 Å². The predicted octanol–water partition coefficient (Wildman–Crippen LogP) is 0.815. The molecule has 2 aliphatic heterocycles. The first-order valence-corrected chi connectivity index (χ1v) is 11.0. The number of aldehydes is 1. The molecule has 1 spiro atoms. The number of anilines is 1. The molecule has 4 N–H and O–H groups in total. The van der Waals surface area contributed by atoms with Crippen LogP contribution in [0, 0.1) is 12.8 Å². The molecule has 5 rings (SSSR count). The lowest BCUT2D eigenvalue weighted by atomic mass is 9.77. The minimum absolute atomic E-state index is 0.135. The Balaban J connectivity index is 1.49. The number of amides is 1. The topological polar surface area (TPSA) is 133 Å². The number of aryl methyl sites for hydroxylation is 1. The van der Waals surface area contributed by atoms with Crippen LogP contribution >= 0.6 is 0 Å². The van der Waals surface area contributed by atoms with Gasteiger partial charge in [-0.05, 0) is 37.7 Å². The van der Waals surface area contributed by atoms with Gasteiger partial charge in [-0.25, -0.2) is 9.97 Å². The molecule has 168 valence electrons. The number of carbonyl (C=O) groups is 2. The van der Waals surface area contributed by atoms with Crippen molar-refractivity contribution in [1.82, 2.24) is 30.0 Å². The number of aromatic nitrogens is 4. The number of carbonyl (C=O) groups excluding carboxylic acids is 2. The SMILES string of the molecule is Cc1cn[nH]c1CN1CCC2(C1)C(=O)N(C(C=O)=CN)Cc1cnc(NCC3CC3)nc12. The number of nitrogens with two attached hydrogens (primary N) is 1. The summed E-state index contributed by atoms with van der Waals surface area (Å²) in [6.07, 6.45) is 8.48. The molecule has 10 nitrogen and oxygen atoms in total. The summed E-state index contributed by atoms with van der Waals surface area (Å²) in [6.45, 7) is 5.00. The molecule has 1 unspecified atom stereocenters. The minimum Gasteiger partial charge on any atom is -0.403 e. The third-order valence-corrected chi connectivity index (χ3v) is 6.81. The van der Waals surface area contributed by atoms with Gasteiger partial charge in [-0.3, -0.25) is 19.6 Å². The van der Waals surface area contributed by atoms with Crippen LogP contribution in [0.15, 0.2) is 24.3 Å². The molecule has 0 aromatic carbocycles. The molecule has 3 aliphatic rings. The van der Waals surface area contributed by atoms with E-state index in [9.17, 15) is 9.59 Å². The van der Waals surface area contributed by atoms with Crippen LogP contribution in [-0.4, -0.2) is 61.8 Å². The summed E-state index contributed by atoms with van der Waals surface area (Å²) in [5, 5.41) is 10.5. The average molecular weight is 437 g/mol. The van der Waals surface area contributed by atoms with E-state index >= 15 is 0 Å². The van der Waals surface area contributed by atoms with Gasteiger partial charge in [0.25, 0.3) is 0 Å². The number of H-pyrrole nitrogens is 1. The molecule has 1 amide bonds. The number of hydrogen-bond donors (Lipinski definition) is 3. The molecule has 4 heterocycles. The van der Waals surface area contributed by atoms with Crippen molar-refractivity contribution in [3.63, 3.8) is 0 Å². The maximum Gasteiger partial charge on any atom is 0.241 e. The van der Waals surface area contributed by atoms with E-state index in [0.29, 0.717) is 37.7 Å². The fourth-order valence-electron chi connectivity index (χ4n) is 4.73. The molecule has 1 atom stereocenters. The van der Waals surface area contributed by atoms with Crippen molar-refractivity contribution >= 4 is 18.1 Å². The Morgan fingerprint density at radius 2 is 2.25 bits per heavy atom. The molecule has 0 bridgehead atoms. The van der Waals surface area contributed by atoms with Gasteiger partial charge >= 0.3 is 0 Å². The third kappa shape index (κ3) is 3.54. The Morgan fingerprint density at radius 3 is 2.94 bits per heavy atom. The molecule has 2 fully saturated rings. The lowest BCUT2D eigenvalue weighted by Gasteiger charge is -2.39. The molecule has 1 saturated carbocycles. The van der Waals surface area contributed by atoms with E-state index in [-0.39, 0.29) is 18.1 Å². The van der Waals surface area contributed by atoms with Crippen molar-refractivity contribution in [2.45, 2.75) is 44.7 Å². The summed E-state index contributed by atoms with van der Waals surface area (Å²) in [6, 6.07) is 0. The van der Waals surface area contributed by atoms with Gasteiger partial charge < -0.3 is 16.0 Å². The number of nitrogens with zero attached hydrogens (tertiary/aromatic N) is 5. The predicted molar refractivity (Wildman–Crippen MR) is 117 cm³/mol. The highest BCUT2D eigenvalue weighted by atomic mass is 16.2. The first-order valence-electron chi connectivity index (χ1n) is 11.0. The van der Waals surface area contributed by atoms with Gasteiger partial charge in [-0.2, -0.15) is 5.10 Å². The second-order valence-electron chi connectivity index (χ2n) is 9.07. The van der Waals surface area contributed by atoms with Crippen molar-refractivity contribution in [3.8, 4) is 0 Å². The van der Waals surface area contributed by atoms with E-state index in [0.717, 1.165) is 35.6 Å². The van der Waals surface area contributed by atoms with Gasteiger partial charge in [0, 0.05) is 44.1 Å². The highest BCUT2D eigenvalue weighted by Gasteiger charge is 2.53. The van der Waals surface area contributed by atoms with E-state index in [1.54, 1.807) is 12.4 Å². The molecule has 1 aliphatic carbocycles. The third-order valence-electron chi connectivity index (χ3n) is 6.81. The van der Waals surface area contributed by atoms with Crippen molar-refractivity contribution in [2.24, 2.45) is 11.7 Å². The van der Waals surface area contributed by atoms with Crippen LogP contribution in [-0.2, 0) is 28.1 Å². The van der Waals surface area contributed by atoms with E-state index in [4.69, 9.17) is 10.7 Å². The van der Waals surface area contributed by atoms with Crippen molar-refractivity contribution < 1.29 is 9.59 Å². The number of likely N-dealkylation sites (tertiary alicyclic amines) is 1. The Hall–Kier alpha value is -3.27. The summed E-state index contributed by atoms with van der Waals surface area (Å²) >= 11 is 0. The van der Waals surface area contributed by atoms with E-state index in [1.807, 2.05) is 6.92 Å². The summed E-state index contributed by atoms with van der Waals surface area (Å²) in [5.74, 6) is 1.11. The van der Waals surface area contributed by atoms with Crippen LogP contribution in [0.4, 0.5) is 5.95 Å². The largest absolute Gasteiger partial charge is 0.403 e. The van der Waals surface area contributed by atoms with Gasteiger partial charge in [0.15, 0.2) is 6.29 Å². The van der Waals surface area contributed by atoms with Crippen LogP contribution in [0.1, 0.15) is 41.8 Å². The number of allylic oxidation sites excluding steroid dienone is 1. The summed E-state index contributed by atoms with van der Waals surface area (Å²) in [5.41, 5.74) is 8.72. The quantitative estimate of drug-likeness (QED) is 0.429. The Morgan fingerprint density at radius 1 is 1.41 bits per heavy atom. The normalized spacial score (nSPS) is 23.6. The maximum atomic E-state index is 13.8. The highest BCUT2D eigenvalue weighted by Crippen LogP contribution is 2.42. The van der Waals surface area contributed by atoms with Gasteiger partial charge in [0.2, 0.25) is 11.9 Å². The molecule has 2 aromatic heterocycles. The fourth-order valence-corrected chi connectivity index (χ4v) is 4.73. The molecular formula is C22H28N8O2. The molecule has 0 radical (unpaired) electrons. The summed E-state index contributed by atoms with van der Waals surface area (Å²) < 4.78 is 0. The van der Waals surface area contributed by atoms with E-state index in [1.165, 1.54) is 23.9 Å². The Kier molecular flexibility index (Phi) is 5.16. The van der Waals surface area contributed by atoms with Crippen molar-refractivity contribution in [3.05, 3.63) is 46.8 Å². The molecule has 1 saturated heterocycles. The zero-order valence-electron chi connectivity index (χ0n) is 18.2. The molecule has 10 heteroatoms. The average Bonchev–Trinajstić information content (AvgIpc) is 3.41. The highest BCUT2D eigenvalue weighted by molar-refractivity contribution is 5.95. The van der Waals surface area contributed by atoms with Gasteiger partial charge in [-0.15, -0.1) is 0 Å². The van der Waals surface area contributed by atoms with E-state index in [2.05, 4.69) is 25.4 Å². The smallest absolute Gasteiger partial charge is 0.241 e. The summed E-state index contributed by atoms with van der Waals surface area (Å²) in [4.78, 5) is 38.5. The molecule has 2 aromatic rings. The van der Waals surface area contributed by atoms with Gasteiger partial charge in [0.05, 0.1) is 29.8 Å². The number of hydrogen-bond acceptors (Lipinski definition) is 8. The van der Waals surface area contributed by atoms with Crippen LogP contribution in [0.5, 0.6) is 0 Å². The van der Waals surface area contributed by atoms with Crippen molar-refractivity contribution in [2.75, 3.05) is 25.0 Å². The standard InChI is InChI=1S/C22H28N8O2/c1-14-7-26-28-18(14)11-29-5-4-22(13-29)19-16(10-30(20(22)32)17(6-23)12-31)9-25-21(27-19)24-8-15-2-3-15/h6-7,9,12,15H,2-5,8,10-11,13,23H2,1H3,(H,26,28)(H,24,25,27). The zero-order chi connectivity index (χ0) is 22.3.